The summed E-state index contributed by atoms with van der Waals surface area (Å²) < 4.78 is 5.98. The number of rotatable bonds is 4. The van der Waals surface area contributed by atoms with Crippen LogP contribution in [-0.4, -0.2) is 47.2 Å². The topological polar surface area (TPSA) is 94.4 Å². The highest BCUT2D eigenvalue weighted by Crippen LogP contribution is 2.34. The molecule has 3 N–H and O–H groups in total. The number of piperazine rings is 1. The van der Waals surface area contributed by atoms with Crippen molar-refractivity contribution in [2.24, 2.45) is 0 Å². The number of carboxylic acids is 1. The first kappa shape index (κ1) is 17.5. The molecule has 1 aliphatic rings. The van der Waals surface area contributed by atoms with E-state index in [9.17, 15) is 9.90 Å². The minimum Gasteiger partial charge on any atom is -0.476 e. The Morgan fingerprint density at radius 2 is 1.86 bits per heavy atom. The third-order valence-electron chi connectivity index (χ3n) is 5.27. The molecule has 3 heterocycles. The molecule has 1 aliphatic heterocycles. The predicted molar refractivity (Wildman–Crippen MR) is 111 cm³/mol. The van der Waals surface area contributed by atoms with Gasteiger partial charge in [-0.1, -0.05) is 6.07 Å². The summed E-state index contributed by atoms with van der Waals surface area (Å²) >= 11 is 0. The van der Waals surface area contributed by atoms with Gasteiger partial charge in [0.15, 0.2) is 11.5 Å². The lowest BCUT2D eigenvalue weighted by Crippen LogP contribution is -2.43. The third-order valence-corrected chi connectivity index (χ3v) is 5.27. The highest BCUT2D eigenvalue weighted by Gasteiger charge is 2.23. The van der Waals surface area contributed by atoms with Crippen LogP contribution in [0.2, 0.25) is 0 Å². The second kappa shape index (κ2) is 7.10. The summed E-state index contributed by atoms with van der Waals surface area (Å²) in [6.07, 6.45) is 1.84. The fourth-order valence-electron chi connectivity index (χ4n) is 3.79. The summed E-state index contributed by atoms with van der Waals surface area (Å²) in [6.45, 7) is 3.82. The molecule has 0 amide bonds. The lowest BCUT2D eigenvalue weighted by molar-refractivity contribution is 0.0691. The Kier molecular flexibility index (Phi) is 4.29. The van der Waals surface area contributed by atoms with Gasteiger partial charge >= 0.3 is 5.97 Å². The summed E-state index contributed by atoms with van der Waals surface area (Å²) in [5, 5.41) is 13.9. The summed E-state index contributed by atoms with van der Waals surface area (Å²) in [4.78, 5) is 21.6. The van der Waals surface area contributed by atoms with Gasteiger partial charge in [-0.15, -0.1) is 0 Å². The van der Waals surface area contributed by atoms with Crippen molar-refractivity contribution < 1.29 is 14.3 Å². The number of benzene rings is 2. The molecular formula is C22H20N4O3. The standard InChI is InChI=1S/C22H20N4O3/c27-22(28)19-20(14-4-6-15(7-5-14)26-12-10-23-11-13-26)29-21(25-19)17-2-1-3-18-16(17)8-9-24-18/h1-9,23-24H,10-13H2,(H,27,28). The van der Waals surface area contributed by atoms with Crippen LogP contribution in [0.25, 0.3) is 33.7 Å². The summed E-state index contributed by atoms with van der Waals surface area (Å²) in [7, 11) is 0. The lowest BCUT2D eigenvalue weighted by atomic mass is 10.1. The minimum absolute atomic E-state index is 0.0811. The molecular weight excluding hydrogens is 368 g/mol. The van der Waals surface area contributed by atoms with E-state index < -0.39 is 5.97 Å². The quantitative estimate of drug-likeness (QED) is 0.495. The SMILES string of the molecule is O=C(O)c1nc(-c2cccc3[nH]ccc23)oc1-c1ccc(N2CCNCC2)cc1. The van der Waals surface area contributed by atoms with E-state index in [1.165, 1.54) is 0 Å². The van der Waals surface area contributed by atoms with Crippen molar-refractivity contribution in [3.63, 3.8) is 0 Å². The van der Waals surface area contributed by atoms with Crippen molar-refractivity contribution in [1.29, 1.82) is 0 Å². The number of hydrogen-bond acceptors (Lipinski definition) is 5. The Bertz CT molecular complexity index is 1170. The van der Waals surface area contributed by atoms with E-state index in [4.69, 9.17) is 4.42 Å². The Morgan fingerprint density at radius 1 is 1.07 bits per heavy atom. The van der Waals surface area contributed by atoms with Crippen molar-refractivity contribution in [3.05, 3.63) is 60.4 Å². The first-order valence-electron chi connectivity index (χ1n) is 9.57. The molecule has 0 radical (unpaired) electrons. The molecule has 5 rings (SSSR count). The maximum Gasteiger partial charge on any atom is 0.358 e. The number of carboxylic acid groups (broad SMARTS) is 1. The average molecular weight is 388 g/mol. The summed E-state index contributed by atoms with van der Waals surface area (Å²) in [5.41, 5.74) is 3.43. The molecule has 0 atom stereocenters. The monoisotopic (exact) mass is 388 g/mol. The fraction of sp³-hybridized carbons (Fsp3) is 0.182. The van der Waals surface area contributed by atoms with Crippen LogP contribution in [0.15, 0.2) is 59.1 Å². The maximum atomic E-state index is 11.8. The second-order valence-electron chi connectivity index (χ2n) is 7.03. The van der Waals surface area contributed by atoms with E-state index in [1.807, 2.05) is 54.7 Å². The zero-order valence-electron chi connectivity index (χ0n) is 15.7. The number of fused-ring (bicyclic) bond motifs is 1. The number of aromatic amines is 1. The molecule has 2 aromatic carbocycles. The highest BCUT2D eigenvalue weighted by atomic mass is 16.4. The molecule has 0 aliphatic carbocycles. The molecule has 29 heavy (non-hydrogen) atoms. The molecule has 7 heteroatoms. The van der Waals surface area contributed by atoms with Crippen LogP contribution < -0.4 is 10.2 Å². The van der Waals surface area contributed by atoms with Gasteiger partial charge in [0.05, 0.1) is 0 Å². The lowest BCUT2D eigenvalue weighted by Gasteiger charge is -2.29. The largest absolute Gasteiger partial charge is 0.476 e. The zero-order valence-corrected chi connectivity index (χ0v) is 15.7. The van der Waals surface area contributed by atoms with Crippen molar-refractivity contribution in [3.8, 4) is 22.8 Å². The highest BCUT2D eigenvalue weighted by molar-refractivity contribution is 5.96. The molecule has 0 unspecified atom stereocenters. The number of hydrogen-bond donors (Lipinski definition) is 3. The van der Waals surface area contributed by atoms with Crippen LogP contribution in [0.4, 0.5) is 5.69 Å². The van der Waals surface area contributed by atoms with Crippen molar-refractivity contribution in [2.45, 2.75) is 0 Å². The molecule has 1 fully saturated rings. The van der Waals surface area contributed by atoms with Gasteiger partial charge < -0.3 is 24.7 Å². The zero-order chi connectivity index (χ0) is 19.8. The Labute approximate surface area is 167 Å². The molecule has 0 bridgehead atoms. The van der Waals surface area contributed by atoms with Gasteiger partial charge in [0.1, 0.15) is 0 Å². The van der Waals surface area contributed by atoms with Gasteiger partial charge in [-0.3, -0.25) is 0 Å². The first-order valence-corrected chi connectivity index (χ1v) is 9.57. The normalized spacial score (nSPS) is 14.4. The van der Waals surface area contributed by atoms with E-state index >= 15 is 0 Å². The predicted octanol–water partition coefficient (Wildman–Crippen LogP) is 3.60. The number of aromatic carboxylic acids is 1. The Balaban J connectivity index is 1.55. The Morgan fingerprint density at radius 3 is 2.62 bits per heavy atom. The number of H-pyrrole nitrogens is 1. The van der Waals surface area contributed by atoms with Crippen LogP contribution in [0.5, 0.6) is 0 Å². The van der Waals surface area contributed by atoms with Gasteiger partial charge in [-0.25, -0.2) is 9.78 Å². The molecule has 4 aromatic rings. The number of anilines is 1. The number of nitrogens with zero attached hydrogens (tertiary/aromatic N) is 2. The van der Waals surface area contributed by atoms with Crippen LogP contribution in [0.3, 0.4) is 0 Å². The molecule has 0 saturated carbocycles. The van der Waals surface area contributed by atoms with E-state index in [0.29, 0.717) is 11.5 Å². The van der Waals surface area contributed by atoms with Gasteiger partial charge in [0, 0.05) is 60.1 Å². The van der Waals surface area contributed by atoms with Crippen molar-refractivity contribution >= 4 is 22.6 Å². The van der Waals surface area contributed by atoms with Gasteiger partial charge in [0.2, 0.25) is 5.89 Å². The van der Waals surface area contributed by atoms with E-state index in [1.54, 1.807) is 0 Å². The molecule has 7 nitrogen and oxygen atoms in total. The minimum atomic E-state index is -1.11. The number of aromatic nitrogens is 2. The van der Waals surface area contributed by atoms with E-state index in [2.05, 4.69) is 20.2 Å². The Hall–Kier alpha value is -3.58. The maximum absolute atomic E-state index is 11.8. The first-order chi connectivity index (χ1) is 14.2. The third kappa shape index (κ3) is 3.15. The molecule has 146 valence electrons. The van der Waals surface area contributed by atoms with Crippen molar-refractivity contribution in [1.82, 2.24) is 15.3 Å². The average Bonchev–Trinajstić information content (AvgIpc) is 3.42. The molecule has 2 aromatic heterocycles. The smallest absolute Gasteiger partial charge is 0.358 e. The second-order valence-corrected chi connectivity index (χ2v) is 7.03. The molecule has 0 spiro atoms. The summed E-state index contributed by atoms with van der Waals surface area (Å²) in [6, 6.07) is 15.4. The van der Waals surface area contributed by atoms with Crippen LogP contribution in [0.1, 0.15) is 10.5 Å². The van der Waals surface area contributed by atoms with Gasteiger partial charge in [-0.05, 0) is 42.5 Å². The number of oxazole rings is 1. The van der Waals surface area contributed by atoms with Crippen molar-refractivity contribution in [2.75, 3.05) is 31.1 Å². The summed E-state index contributed by atoms with van der Waals surface area (Å²) in [5.74, 6) is -0.539. The molecule has 1 saturated heterocycles. The van der Waals surface area contributed by atoms with Gasteiger partial charge in [-0.2, -0.15) is 0 Å². The van der Waals surface area contributed by atoms with E-state index in [-0.39, 0.29) is 11.5 Å². The number of carbonyl (C=O) groups is 1. The van der Waals surface area contributed by atoms with Crippen LogP contribution in [-0.2, 0) is 0 Å². The van der Waals surface area contributed by atoms with E-state index in [0.717, 1.165) is 48.3 Å². The van der Waals surface area contributed by atoms with Crippen LogP contribution in [0, 0.1) is 0 Å². The van der Waals surface area contributed by atoms with Gasteiger partial charge in [0.25, 0.3) is 0 Å². The van der Waals surface area contributed by atoms with Crippen LogP contribution >= 0.6 is 0 Å². The fourth-order valence-corrected chi connectivity index (χ4v) is 3.79. The number of nitrogens with one attached hydrogen (secondary N) is 2.